The summed E-state index contributed by atoms with van der Waals surface area (Å²) in [5, 5.41) is 0. The molecule has 0 aliphatic rings. The Morgan fingerprint density at radius 3 is 2.73 bits per heavy atom. The van der Waals surface area contributed by atoms with Crippen molar-refractivity contribution in [3.05, 3.63) is 30.1 Å². The first-order valence-corrected chi connectivity index (χ1v) is 6.24. The number of hydrogen-bond donors (Lipinski definition) is 1. The van der Waals surface area contributed by atoms with E-state index in [0.29, 0.717) is 4.75 Å². The Kier molecular flexibility index (Phi) is 4.61. The minimum atomic E-state index is 0.221. The Morgan fingerprint density at radius 2 is 2.20 bits per heavy atom. The molecular weight excluding hydrogens is 204 g/mol. The van der Waals surface area contributed by atoms with Gasteiger partial charge in [-0.1, -0.05) is 26.8 Å². The van der Waals surface area contributed by atoms with E-state index in [1.54, 1.807) is 6.20 Å². The minimum Gasteiger partial charge on any atom is -0.327 e. The predicted molar refractivity (Wildman–Crippen MR) is 68.1 cm³/mol. The van der Waals surface area contributed by atoms with Crippen LogP contribution in [0.1, 0.15) is 26.3 Å². The van der Waals surface area contributed by atoms with E-state index in [1.807, 2.05) is 24.0 Å². The average Bonchev–Trinajstić information content (AvgIpc) is 2.15. The Balaban J connectivity index is 2.34. The Hall–Kier alpha value is -0.540. The molecule has 15 heavy (non-hydrogen) atoms. The topological polar surface area (TPSA) is 38.9 Å². The van der Waals surface area contributed by atoms with Crippen LogP contribution in [0.25, 0.3) is 0 Å². The molecule has 2 N–H and O–H groups in total. The van der Waals surface area contributed by atoms with Gasteiger partial charge in [0, 0.05) is 28.9 Å². The first kappa shape index (κ1) is 12.5. The molecule has 2 nitrogen and oxygen atoms in total. The summed E-state index contributed by atoms with van der Waals surface area (Å²) in [7, 11) is 0. The van der Waals surface area contributed by atoms with E-state index in [2.05, 4.69) is 31.8 Å². The highest BCUT2D eigenvalue weighted by molar-refractivity contribution is 8.00. The molecule has 3 heteroatoms. The second kappa shape index (κ2) is 5.52. The fraction of sp³-hybridized carbons (Fsp3) is 0.583. The van der Waals surface area contributed by atoms with Gasteiger partial charge in [0.05, 0.1) is 0 Å². The maximum Gasteiger partial charge on any atom is 0.0300 e. The molecule has 1 aromatic rings. The molecule has 1 unspecified atom stereocenters. The Morgan fingerprint density at radius 1 is 1.47 bits per heavy atom. The molecular formula is C12H20N2S. The molecule has 0 bridgehead atoms. The van der Waals surface area contributed by atoms with Crippen LogP contribution in [0, 0.1) is 0 Å². The quantitative estimate of drug-likeness (QED) is 0.854. The Labute approximate surface area is 96.7 Å². The minimum absolute atomic E-state index is 0.221. The van der Waals surface area contributed by atoms with Gasteiger partial charge in [0.25, 0.3) is 0 Å². The van der Waals surface area contributed by atoms with Gasteiger partial charge in [0.2, 0.25) is 0 Å². The lowest BCUT2D eigenvalue weighted by atomic mass is 10.1. The van der Waals surface area contributed by atoms with E-state index < -0.39 is 0 Å². The molecule has 1 atom stereocenters. The molecule has 0 radical (unpaired) electrons. The van der Waals surface area contributed by atoms with Crippen molar-refractivity contribution in [2.24, 2.45) is 5.73 Å². The molecule has 0 aromatic carbocycles. The van der Waals surface area contributed by atoms with Gasteiger partial charge in [-0.3, -0.25) is 4.98 Å². The van der Waals surface area contributed by atoms with E-state index in [9.17, 15) is 0 Å². The third-order valence-corrected chi connectivity index (χ3v) is 3.41. The maximum absolute atomic E-state index is 6.06. The summed E-state index contributed by atoms with van der Waals surface area (Å²) in [5.74, 6) is 0.998. The molecule has 0 aliphatic carbocycles. The van der Waals surface area contributed by atoms with Gasteiger partial charge in [-0.25, -0.2) is 0 Å². The lowest BCUT2D eigenvalue weighted by Crippen LogP contribution is -2.27. The molecule has 1 heterocycles. The van der Waals surface area contributed by atoms with Crippen molar-refractivity contribution in [1.82, 2.24) is 4.98 Å². The lowest BCUT2D eigenvalue weighted by Gasteiger charge is -2.20. The second-order valence-electron chi connectivity index (χ2n) is 4.75. The first-order chi connectivity index (χ1) is 6.97. The molecule has 1 aromatic heterocycles. The van der Waals surface area contributed by atoms with Crippen LogP contribution in [0.3, 0.4) is 0 Å². The summed E-state index contributed by atoms with van der Waals surface area (Å²) in [6.45, 7) is 6.65. The van der Waals surface area contributed by atoms with Crippen molar-refractivity contribution >= 4 is 11.8 Å². The Bertz CT molecular complexity index is 279. The number of aromatic nitrogens is 1. The van der Waals surface area contributed by atoms with Crippen LogP contribution < -0.4 is 5.73 Å². The smallest absolute Gasteiger partial charge is 0.0300 e. The van der Waals surface area contributed by atoms with Gasteiger partial charge in [-0.15, -0.1) is 0 Å². The van der Waals surface area contributed by atoms with Crippen LogP contribution in [-0.2, 0) is 6.42 Å². The molecule has 0 aliphatic heterocycles. The van der Waals surface area contributed by atoms with E-state index in [0.717, 1.165) is 12.2 Å². The van der Waals surface area contributed by atoms with Crippen LogP contribution in [-0.4, -0.2) is 21.5 Å². The van der Waals surface area contributed by atoms with Crippen LogP contribution >= 0.6 is 11.8 Å². The molecule has 0 saturated heterocycles. The summed E-state index contributed by atoms with van der Waals surface area (Å²) in [6, 6.07) is 4.26. The molecule has 0 spiro atoms. The lowest BCUT2D eigenvalue weighted by molar-refractivity contribution is 0.732. The highest BCUT2D eigenvalue weighted by Crippen LogP contribution is 2.23. The number of hydrogen-bond acceptors (Lipinski definition) is 3. The normalized spacial score (nSPS) is 13.9. The summed E-state index contributed by atoms with van der Waals surface area (Å²) in [4.78, 5) is 4.08. The van der Waals surface area contributed by atoms with Crippen molar-refractivity contribution in [3.8, 4) is 0 Å². The largest absolute Gasteiger partial charge is 0.327 e. The van der Waals surface area contributed by atoms with Gasteiger partial charge < -0.3 is 5.73 Å². The van der Waals surface area contributed by atoms with Crippen molar-refractivity contribution in [2.75, 3.05) is 5.75 Å². The van der Waals surface area contributed by atoms with Crippen molar-refractivity contribution < 1.29 is 0 Å². The van der Waals surface area contributed by atoms with Crippen LogP contribution in [0.5, 0.6) is 0 Å². The highest BCUT2D eigenvalue weighted by Gasteiger charge is 2.13. The number of pyridine rings is 1. The number of thioether (sulfide) groups is 1. The highest BCUT2D eigenvalue weighted by atomic mass is 32.2. The number of nitrogens with zero attached hydrogens (tertiary/aromatic N) is 1. The molecule has 1 rings (SSSR count). The first-order valence-electron chi connectivity index (χ1n) is 5.26. The van der Waals surface area contributed by atoms with Gasteiger partial charge >= 0.3 is 0 Å². The summed E-state index contributed by atoms with van der Waals surface area (Å²) in [6.07, 6.45) is 4.59. The zero-order valence-electron chi connectivity index (χ0n) is 9.73. The summed E-state index contributed by atoms with van der Waals surface area (Å²) >= 11 is 1.92. The van der Waals surface area contributed by atoms with E-state index >= 15 is 0 Å². The van der Waals surface area contributed by atoms with Crippen LogP contribution in [0.4, 0.5) is 0 Å². The van der Waals surface area contributed by atoms with Crippen molar-refractivity contribution in [1.29, 1.82) is 0 Å². The standard InChI is InChI=1S/C12H20N2S/c1-12(2,3)15-9-11(13)7-10-5-4-6-14-8-10/h4-6,8,11H,7,9,13H2,1-3H3. The van der Waals surface area contributed by atoms with Crippen molar-refractivity contribution in [3.63, 3.8) is 0 Å². The summed E-state index contributed by atoms with van der Waals surface area (Å²) < 4.78 is 0.298. The molecule has 84 valence electrons. The SMILES string of the molecule is CC(C)(C)SCC(N)Cc1cccnc1. The van der Waals surface area contributed by atoms with E-state index in [-0.39, 0.29) is 6.04 Å². The maximum atomic E-state index is 6.06. The fourth-order valence-corrected chi connectivity index (χ4v) is 2.07. The van der Waals surface area contributed by atoms with Crippen LogP contribution in [0.2, 0.25) is 0 Å². The van der Waals surface area contributed by atoms with E-state index in [4.69, 9.17) is 5.73 Å². The van der Waals surface area contributed by atoms with Gasteiger partial charge in [-0.05, 0) is 18.1 Å². The summed E-state index contributed by atoms with van der Waals surface area (Å²) in [5.41, 5.74) is 7.29. The average molecular weight is 224 g/mol. The predicted octanol–water partition coefficient (Wildman–Crippen LogP) is 2.48. The van der Waals surface area contributed by atoms with Crippen molar-refractivity contribution in [2.45, 2.75) is 38.0 Å². The second-order valence-corrected chi connectivity index (χ2v) is 6.60. The zero-order chi connectivity index (χ0) is 11.3. The third-order valence-electron chi connectivity index (χ3n) is 1.95. The number of nitrogens with two attached hydrogens (primary N) is 1. The molecule has 0 saturated carbocycles. The molecule has 0 amide bonds. The van der Waals surface area contributed by atoms with Gasteiger partial charge in [0.1, 0.15) is 0 Å². The fourth-order valence-electron chi connectivity index (χ4n) is 1.24. The monoisotopic (exact) mass is 224 g/mol. The van der Waals surface area contributed by atoms with Gasteiger partial charge in [0.15, 0.2) is 0 Å². The van der Waals surface area contributed by atoms with Gasteiger partial charge in [-0.2, -0.15) is 11.8 Å². The van der Waals surface area contributed by atoms with E-state index in [1.165, 1.54) is 5.56 Å². The molecule has 0 fully saturated rings. The number of rotatable bonds is 4. The van der Waals surface area contributed by atoms with Crippen LogP contribution in [0.15, 0.2) is 24.5 Å². The third kappa shape index (κ3) is 5.80. The zero-order valence-corrected chi connectivity index (χ0v) is 10.6.